The second-order valence-electron chi connectivity index (χ2n) is 4.44. The van der Waals surface area contributed by atoms with Crippen molar-refractivity contribution >= 4 is 46.8 Å². The number of aryl methyl sites for hydroxylation is 2. The minimum absolute atomic E-state index is 0.166. The minimum Gasteiger partial charge on any atom is -0.424 e. The maximum absolute atomic E-state index is 12.0. The first-order chi connectivity index (χ1) is 8.97. The molecule has 3 rings (SSSR count). The summed E-state index contributed by atoms with van der Waals surface area (Å²) in [5, 5.41) is 0.219. The fourth-order valence-corrected chi connectivity index (χ4v) is 4.55. The Morgan fingerprint density at radius 2 is 1.68 bits per heavy atom. The van der Waals surface area contributed by atoms with Gasteiger partial charge in [0.2, 0.25) is 5.76 Å². The minimum atomic E-state index is -0.166. The molecule has 1 saturated heterocycles. The van der Waals surface area contributed by atoms with Crippen LogP contribution in [0.2, 0.25) is 0 Å². The van der Waals surface area contributed by atoms with E-state index in [0.29, 0.717) is 5.76 Å². The van der Waals surface area contributed by atoms with Crippen molar-refractivity contribution in [2.45, 2.75) is 23.6 Å². The summed E-state index contributed by atoms with van der Waals surface area (Å²) in [6.45, 7) is 4.18. The number of hydrogen-bond acceptors (Lipinski definition) is 5. The summed E-state index contributed by atoms with van der Waals surface area (Å²) in [4.78, 5) is 15.7. The molecule has 2 heterocycles. The van der Waals surface area contributed by atoms with Crippen LogP contribution in [0, 0.1) is 13.8 Å². The van der Waals surface area contributed by atoms with E-state index in [2.05, 4.69) is 26.0 Å². The van der Waals surface area contributed by atoms with Crippen LogP contribution in [0.1, 0.15) is 11.1 Å². The zero-order chi connectivity index (χ0) is 13.7. The molecule has 98 valence electrons. The van der Waals surface area contributed by atoms with Crippen LogP contribution in [0.3, 0.4) is 0 Å². The number of hydrogen-bond donors (Lipinski definition) is 0. The zero-order valence-corrected chi connectivity index (χ0v) is 13.1. The quantitative estimate of drug-likeness (QED) is 0.541. The molecule has 2 aliphatic rings. The molecule has 1 fully saturated rings. The Morgan fingerprint density at radius 1 is 1.16 bits per heavy atom. The number of fused-ring (bicyclic) bond motifs is 1. The van der Waals surface area contributed by atoms with Gasteiger partial charge in [-0.05, 0) is 49.3 Å². The highest BCUT2D eigenvalue weighted by Gasteiger charge is 2.36. The second-order valence-corrected chi connectivity index (χ2v) is 7.15. The molecule has 19 heavy (non-hydrogen) atoms. The van der Waals surface area contributed by atoms with Gasteiger partial charge in [0.1, 0.15) is 0 Å². The first-order valence-corrected chi connectivity index (χ1v) is 7.72. The third kappa shape index (κ3) is 2.07. The van der Waals surface area contributed by atoms with Crippen LogP contribution in [-0.2, 0) is 9.53 Å². The number of thiocarbonyl (C=S) groups is 1. The van der Waals surface area contributed by atoms with Crippen molar-refractivity contribution in [1.82, 2.24) is 4.90 Å². The standard InChI is InChI=1S/C13H11NO2S3/c1-6-4-8-9(5-7(6)2)19-12(18-8)10-11(15)14(3)13(17)16-10/h4-5H,1-3H3. The SMILES string of the molecule is Cc1cc2c(cc1C)SC(=C1OC(=S)N(C)C1=O)S2. The van der Waals surface area contributed by atoms with E-state index in [1.165, 1.54) is 25.8 Å². The van der Waals surface area contributed by atoms with Gasteiger partial charge in [-0.15, -0.1) is 0 Å². The number of carbonyl (C=O) groups is 1. The molecule has 6 heteroatoms. The molecule has 0 N–H and O–H groups in total. The molecular weight excluding hydrogens is 298 g/mol. The molecular formula is C13H11NO2S3. The number of likely N-dealkylation sites (N-methyl/N-ethyl adjacent to an activating group) is 1. The first-order valence-electron chi connectivity index (χ1n) is 5.68. The van der Waals surface area contributed by atoms with E-state index >= 15 is 0 Å². The average molecular weight is 309 g/mol. The molecule has 0 aromatic heterocycles. The average Bonchev–Trinajstić information content (AvgIpc) is 2.86. The van der Waals surface area contributed by atoms with Crippen LogP contribution in [0.15, 0.2) is 31.9 Å². The third-order valence-electron chi connectivity index (χ3n) is 3.11. The Hall–Kier alpha value is -0.980. The lowest BCUT2D eigenvalue weighted by atomic mass is 10.1. The Labute approximate surface area is 125 Å². The van der Waals surface area contributed by atoms with E-state index in [1.54, 1.807) is 30.6 Å². The predicted molar refractivity (Wildman–Crippen MR) is 81.1 cm³/mol. The molecule has 0 saturated carbocycles. The van der Waals surface area contributed by atoms with E-state index in [0.717, 1.165) is 4.24 Å². The lowest BCUT2D eigenvalue weighted by molar-refractivity contribution is -0.122. The van der Waals surface area contributed by atoms with Gasteiger partial charge in [0, 0.05) is 16.8 Å². The Bertz CT molecular complexity index is 619. The predicted octanol–water partition coefficient (Wildman–Crippen LogP) is 3.44. The zero-order valence-electron chi connectivity index (χ0n) is 10.6. The van der Waals surface area contributed by atoms with Crippen LogP contribution in [0.25, 0.3) is 0 Å². The Morgan fingerprint density at radius 3 is 2.11 bits per heavy atom. The molecule has 1 amide bonds. The molecule has 1 aromatic carbocycles. The fourth-order valence-electron chi connectivity index (χ4n) is 1.80. The lowest BCUT2D eigenvalue weighted by Gasteiger charge is -2.01. The topological polar surface area (TPSA) is 29.5 Å². The van der Waals surface area contributed by atoms with Crippen molar-refractivity contribution < 1.29 is 9.53 Å². The van der Waals surface area contributed by atoms with Gasteiger partial charge >= 0.3 is 0 Å². The maximum atomic E-state index is 12.0. The molecule has 2 aliphatic heterocycles. The van der Waals surface area contributed by atoms with E-state index in [4.69, 9.17) is 17.0 Å². The number of thioether (sulfide) groups is 2. The second kappa shape index (κ2) is 4.54. The summed E-state index contributed by atoms with van der Waals surface area (Å²) in [7, 11) is 1.63. The van der Waals surface area contributed by atoms with Crippen LogP contribution in [-0.4, -0.2) is 23.0 Å². The van der Waals surface area contributed by atoms with Gasteiger partial charge in [-0.2, -0.15) is 0 Å². The third-order valence-corrected chi connectivity index (χ3v) is 5.96. The summed E-state index contributed by atoms with van der Waals surface area (Å²) >= 11 is 8.14. The highest BCUT2D eigenvalue weighted by Crippen LogP contribution is 2.53. The number of nitrogens with zero attached hydrogens (tertiary/aromatic N) is 1. The van der Waals surface area contributed by atoms with Gasteiger partial charge in [0.25, 0.3) is 11.1 Å². The molecule has 0 unspecified atom stereocenters. The maximum Gasteiger partial charge on any atom is 0.298 e. The number of benzene rings is 1. The van der Waals surface area contributed by atoms with Crippen LogP contribution in [0.5, 0.6) is 0 Å². The number of rotatable bonds is 0. The number of carbonyl (C=O) groups excluding carboxylic acids is 1. The summed E-state index contributed by atoms with van der Waals surface area (Å²) in [6, 6.07) is 4.30. The van der Waals surface area contributed by atoms with Crippen LogP contribution >= 0.6 is 35.7 Å². The van der Waals surface area contributed by atoms with Crippen LogP contribution in [0.4, 0.5) is 0 Å². The smallest absolute Gasteiger partial charge is 0.298 e. The molecule has 0 radical (unpaired) electrons. The monoisotopic (exact) mass is 309 g/mol. The molecule has 0 spiro atoms. The number of amides is 1. The van der Waals surface area contributed by atoms with Gasteiger partial charge < -0.3 is 4.74 Å². The fraction of sp³-hybridized carbons (Fsp3) is 0.231. The van der Waals surface area contributed by atoms with E-state index in [9.17, 15) is 4.79 Å². The van der Waals surface area contributed by atoms with Crippen molar-refractivity contribution in [3.05, 3.63) is 33.3 Å². The van der Waals surface area contributed by atoms with Crippen molar-refractivity contribution in [1.29, 1.82) is 0 Å². The molecule has 1 aromatic rings. The van der Waals surface area contributed by atoms with Gasteiger partial charge in [0.05, 0.1) is 4.24 Å². The highest BCUT2D eigenvalue weighted by atomic mass is 32.2. The lowest BCUT2D eigenvalue weighted by Crippen LogP contribution is -2.22. The van der Waals surface area contributed by atoms with Gasteiger partial charge in [-0.3, -0.25) is 9.69 Å². The van der Waals surface area contributed by atoms with Gasteiger partial charge in [0.15, 0.2) is 0 Å². The van der Waals surface area contributed by atoms with Gasteiger partial charge in [-0.25, -0.2) is 0 Å². The summed E-state index contributed by atoms with van der Waals surface area (Å²) in [6.07, 6.45) is 0. The van der Waals surface area contributed by atoms with Crippen molar-refractivity contribution in [3.8, 4) is 0 Å². The van der Waals surface area contributed by atoms with E-state index in [-0.39, 0.29) is 11.1 Å². The summed E-state index contributed by atoms with van der Waals surface area (Å²) < 4.78 is 6.28. The Balaban J connectivity index is 2.00. The summed E-state index contributed by atoms with van der Waals surface area (Å²) in [5.74, 6) is 0.190. The molecule has 0 atom stereocenters. The summed E-state index contributed by atoms with van der Waals surface area (Å²) in [5.41, 5.74) is 2.51. The Kier molecular flexibility index (Phi) is 3.11. The van der Waals surface area contributed by atoms with Crippen molar-refractivity contribution in [2.75, 3.05) is 7.05 Å². The van der Waals surface area contributed by atoms with Crippen molar-refractivity contribution in [3.63, 3.8) is 0 Å². The normalized spacial score (nSPS) is 18.2. The first kappa shape index (κ1) is 13.0. The molecule has 0 aliphatic carbocycles. The largest absolute Gasteiger partial charge is 0.424 e. The van der Waals surface area contributed by atoms with Gasteiger partial charge in [-0.1, -0.05) is 23.5 Å². The van der Waals surface area contributed by atoms with Crippen molar-refractivity contribution in [2.24, 2.45) is 0 Å². The number of ether oxygens (including phenoxy) is 1. The van der Waals surface area contributed by atoms with Crippen LogP contribution < -0.4 is 0 Å². The molecule has 0 bridgehead atoms. The molecule has 3 nitrogen and oxygen atoms in total. The van der Waals surface area contributed by atoms with E-state index < -0.39 is 0 Å². The highest BCUT2D eigenvalue weighted by molar-refractivity contribution is 8.24. The van der Waals surface area contributed by atoms with E-state index in [1.807, 2.05) is 0 Å².